The van der Waals surface area contributed by atoms with Crippen molar-refractivity contribution in [3.05, 3.63) is 71.4 Å². The van der Waals surface area contributed by atoms with Crippen molar-refractivity contribution in [2.45, 2.75) is 44.7 Å². The summed E-state index contributed by atoms with van der Waals surface area (Å²) in [5.41, 5.74) is 7.85. The van der Waals surface area contributed by atoms with Gasteiger partial charge in [-0.05, 0) is 66.8 Å². The SMILES string of the molecule is O=C1CCCN1CCn1cc(-c2c(C3CCOCC3)n(-c3ccc(F)cc3)c3cc4c(cc23)CN=C4)cn1. The number of aromatic nitrogens is 3. The number of nitrogens with zero attached hydrogens (tertiary/aromatic N) is 5. The van der Waals surface area contributed by atoms with Gasteiger partial charge in [-0.1, -0.05) is 0 Å². The van der Waals surface area contributed by atoms with E-state index in [1.165, 1.54) is 29.0 Å². The van der Waals surface area contributed by atoms with Crippen LogP contribution in [0.5, 0.6) is 0 Å². The van der Waals surface area contributed by atoms with E-state index < -0.39 is 0 Å². The molecule has 0 unspecified atom stereocenters. The largest absolute Gasteiger partial charge is 0.381 e. The lowest BCUT2D eigenvalue weighted by Crippen LogP contribution is -2.28. The molecular formula is C30H30FN5O2. The summed E-state index contributed by atoms with van der Waals surface area (Å²) >= 11 is 0. The van der Waals surface area contributed by atoms with Crippen LogP contribution in [-0.2, 0) is 22.6 Å². The molecule has 1 amide bonds. The minimum atomic E-state index is -0.246. The van der Waals surface area contributed by atoms with Crippen molar-refractivity contribution in [2.24, 2.45) is 4.99 Å². The first-order valence-corrected chi connectivity index (χ1v) is 13.5. The van der Waals surface area contributed by atoms with E-state index in [1.807, 2.05) is 34.1 Å². The van der Waals surface area contributed by atoms with E-state index in [1.54, 1.807) is 0 Å². The van der Waals surface area contributed by atoms with Gasteiger partial charge in [0.25, 0.3) is 0 Å². The van der Waals surface area contributed by atoms with E-state index in [-0.39, 0.29) is 11.7 Å². The lowest BCUT2D eigenvalue weighted by Gasteiger charge is -2.25. The number of carbonyl (C=O) groups excluding carboxylic acids is 1. The molecule has 0 bridgehead atoms. The van der Waals surface area contributed by atoms with E-state index >= 15 is 0 Å². The smallest absolute Gasteiger partial charge is 0.222 e. The summed E-state index contributed by atoms with van der Waals surface area (Å²) in [6, 6.07) is 11.3. The second-order valence-electron chi connectivity index (χ2n) is 10.5. The number of carbonyl (C=O) groups is 1. The van der Waals surface area contributed by atoms with Crippen molar-refractivity contribution >= 4 is 23.0 Å². The molecule has 3 aliphatic heterocycles. The third kappa shape index (κ3) is 4.04. The molecule has 2 saturated heterocycles. The number of likely N-dealkylation sites (tertiary alicyclic amines) is 1. The Kier molecular flexibility index (Phi) is 5.84. The van der Waals surface area contributed by atoms with Gasteiger partial charge in [-0.25, -0.2) is 4.39 Å². The normalized spacial score (nSPS) is 17.7. The number of benzene rings is 2. The molecule has 194 valence electrons. The Balaban J connectivity index is 1.39. The number of aliphatic imine (C=N–C) groups is 1. The molecule has 2 aromatic heterocycles. The molecule has 38 heavy (non-hydrogen) atoms. The summed E-state index contributed by atoms with van der Waals surface area (Å²) in [4.78, 5) is 18.5. The van der Waals surface area contributed by atoms with Crippen molar-refractivity contribution < 1.29 is 13.9 Å². The Bertz CT molecular complexity index is 1550. The predicted molar refractivity (Wildman–Crippen MR) is 144 cm³/mol. The van der Waals surface area contributed by atoms with Gasteiger partial charge in [0.15, 0.2) is 0 Å². The van der Waals surface area contributed by atoms with E-state index in [0.29, 0.717) is 32.0 Å². The van der Waals surface area contributed by atoms with E-state index in [0.717, 1.165) is 66.7 Å². The van der Waals surface area contributed by atoms with E-state index in [9.17, 15) is 9.18 Å². The Morgan fingerprint density at radius 2 is 1.92 bits per heavy atom. The Morgan fingerprint density at radius 3 is 2.71 bits per heavy atom. The van der Waals surface area contributed by atoms with Crippen LogP contribution in [-0.4, -0.2) is 57.7 Å². The molecule has 2 fully saturated rings. The maximum Gasteiger partial charge on any atom is 0.222 e. The van der Waals surface area contributed by atoms with Crippen LogP contribution in [0, 0.1) is 5.82 Å². The van der Waals surface area contributed by atoms with Crippen molar-refractivity contribution in [1.82, 2.24) is 19.2 Å². The van der Waals surface area contributed by atoms with Crippen LogP contribution in [0.25, 0.3) is 27.7 Å². The number of hydrogen-bond donors (Lipinski definition) is 0. The summed E-state index contributed by atoms with van der Waals surface area (Å²) in [6.07, 6.45) is 9.44. The van der Waals surface area contributed by atoms with Crippen LogP contribution in [0.3, 0.4) is 0 Å². The summed E-state index contributed by atoms with van der Waals surface area (Å²) in [5, 5.41) is 5.87. The Labute approximate surface area is 220 Å². The molecule has 7 rings (SSSR count). The molecule has 4 aromatic rings. The molecule has 0 aliphatic carbocycles. The number of fused-ring (bicyclic) bond motifs is 2. The number of amides is 1. The van der Waals surface area contributed by atoms with Crippen LogP contribution in [0.15, 0.2) is 53.8 Å². The average molecular weight is 512 g/mol. The maximum absolute atomic E-state index is 14.0. The fraction of sp³-hybridized carbons (Fsp3) is 0.367. The first kappa shape index (κ1) is 23.3. The quantitative estimate of drug-likeness (QED) is 0.363. The maximum atomic E-state index is 14.0. The number of ether oxygens (including phenoxy) is 1. The van der Waals surface area contributed by atoms with Gasteiger partial charge >= 0.3 is 0 Å². The zero-order valence-corrected chi connectivity index (χ0v) is 21.3. The summed E-state index contributed by atoms with van der Waals surface area (Å²) in [5.74, 6) is 0.284. The molecular weight excluding hydrogens is 481 g/mol. The first-order valence-electron chi connectivity index (χ1n) is 13.5. The highest BCUT2D eigenvalue weighted by Gasteiger charge is 2.29. The van der Waals surface area contributed by atoms with Crippen molar-refractivity contribution in [3.8, 4) is 16.8 Å². The van der Waals surface area contributed by atoms with Crippen LogP contribution in [0.4, 0.5) is 4.39 Å². The minimum Gasteiger partial charge on any atom is -0.381 e. The highest BCUT2D eigenvalue weighted by molar-refractivity contribution is 6.03. The van der Waals surface area contributed by atoms with Crippen LogP contribution < -0.4 is 0 Å². The van der Waals surface area contributed by atoms with Gasteiger partial charge in [-0.15, -0.1) is 0 Å². The van der Waals surface area contributed by atoms with Gasteiger partial charge in [0, 0.05) is 78.9 Å². The minimum absolute atomic E-state index is 0.234. The second kappa shape index (κ2) is 9.51. The molecule has 3 aliphatic rings. The van der Waals surface area contributed by atoms with E-state index in [2.05, 4.69) is 27.9 Å². The summed E-state index contributed by atoms with van der Waals surface area (Å²) in [6.45, 7) is 4.30. The lowest BCUT2D eigenvalue weighted by atomic mass is 9.90. The van der Waals surface area contributed by atoms with Gasteiger partial charge in [0.2, 0.25) is 5.91 Å². The van der Waals surface area contributed by atoms with Gasteiger partial charge < -0.3 is 14.2 Å². The first-order chi connectivity index (χ1) is 18.7. The fourth-order valence-corrected chi connectivity index (χ4v) is 6.22. The van der Waals surface area contributed by atoms with Gasteiger partial charge in [0.1, 0.15) is 5.82 Å². The topological polar surface area (TPSA) is 64.7 Å². The Hall–Kier alpha value is -3.78. The lowest BCUT2D eigenvalue weighted by molar-refractivity contribution is -0.127. The highest BCUT2D eigenvalue weighted by atomic mass is 19.1. The van der Waals surface area contributed by atoms with Crippen molar-refractivity contribution in [3.63, 3.8) is 0 Å². The molecule has 5 heterocycles. The van der Waals surface area contributed by atoms with E-state index in [4.69, 9.17) is 9.84 Å². The zero-order chi connectivity index (χ0) is 25.6. The molecule has 0 saturated carbocycles. The monoisotopic (exact) mass is 511 g/mol. The molecule has 0 spiro atoms. The van der Waals surface area contributed by atoms with Crippen LogP contribution >= 0.6 is 0 Å². The molecule has 8 heteroatoms. The molecule has 7 nitrogen and oxygen atoms in total. The number of halogens is 1. The average Bonchev–Trinajstić information content (AvgIpc) is 3.73. The summed E-state index contributed by atoms with van der Waals surface area (Å²) in [7, 11) is 0. The van der Waals surface area contributed by atoms with Crippen molar-refractivity contribution in [1.29, 1.82) is 0 Å². The third-order valence-electron chi connectivity index (χ3n) is 8.14. The Morgan fingerprint density at radius 1 is 1.08 bits per heavy atom. The molecule has 0 radical (unpaired) electrons. The predicted octanol–water partition coefficient (Wildman–Crippen LogP) is 5.08. The number of hydrogen-bond acceptors (Lipinski definition) is 4. The van der Waals surface area contributed by atoms with Crippen LogP contribution in [0.2, 0.25) is 0 Å². The highest BCUT2D eigenvalue weighted by Crippen LogP contribution is 2.44. The standard InChI is InChI=1S/C30H30FN5O2/c31-24-3-5-25(6-4-24)36-27-15-22-17-32-16-21(22)14-26(27)29(30(36)20-7-12-38-13-8-20)23-18-33-35(19-23)11-10-34-9-1-2-28(34)37/h3-6,14-15,17-20H,1-2,7-13,16H2. The van der Waals surface area contributed by atoms with Gasteiger partial charge in [-0.2, -0.15) is 5.10 Å². The van der Waals surface area contributed by atoms with Gasteiger partial charge in [0.05, 0.1) is 24.8 Å². The third-order valence-corrected chi connectivity index (χ3v) is 8.14. The fourth-order valence-electron chi connectivity index (χ4n) is 6.22. The van der Waals surface area contributed by atoms with Crippen LogP contribution in [0.1, 0.15) is 48.4 Å². The van der Waals surface area contributed by atoms with Gasteiger partial charge in [-0.3, -0.25) is 14.5 Å². The summed E-state index contributed by atoms with van der Waals surface area (Å²) < 4.78 is 24.0. The van der Waals surface area contributed by atoms with Crippen molar-refractivity contribution in [2.75, 3.05) is 26.3 Å². The second-order valence-corrected chi connectivity index (χ2v) is 10.5. The molecule has 0 atom stereocenters. The zero-order valence-electron chi connectivity index (χ0n) is 21.3. The molecule has 0 N–H and O–H groups in total. The number of rotatable bonds is 6. The molecule has 2 aromatic carbocycles.